The molecular formula is C19H32FN3O2. The fourth-order valence-corrected chi connectivity index (χ4v) is 5.01. The molecule has 7 atom stereocenters. The summed E-state index contributed by atoms with van der Waals surface area (Å²) in [7, 11) is 3.56. The first-order chi connectivity index (χ1) is 11.9. The lowest BCUT2D eigenvalue weighted by molar-refractivity contribution is -0.135. The van der Waals surface area contributed by atoms with Crippen LogP contribution in [0.5, 0.6) is 0 Å². The molecule has 1 saturated heterocycles. The van der Waals surface area contributed by atoms with Gasteiger partial charge in [-0.3, -0.25) is 9.59 Å². The molecule has 5 nitrogen and oxygen atoms in total. The van der Waals surface area contributed by atoms with Gasteiger partial charge >= 0.3 is 0 Å². The lowest BCUT2D eigenvalue weighted by Crippen LogP contribution is -2.50. The maximum Gasteiger partial charge on any atom is 0.237 e. The van der Waals surface area contributed by atoms with Crippen LogP contribution >= 0.6 is 0 Å². The standard InChI is InChI=1S/C19H32FN3O2/c1-11-7-8-15(20)14-10-16(22-17(11)14)18(24)21-13-6-4-5-12(9-13)19(25)23(2)3/h11-17,22H,4-10H2,1-3H3,(H,21,24). The molecule has 0 bridgehead atoms. The molecule has 142 valence electrons. The van der Waals surface area contributed by atoms with Crippen molar-refractivity contribution >= 4 is 11.8 Å². The third kappa shape index (κ3) is 3.99. The van der Waals surface area contributed by atoms with E-state index in [4.69, 9.17) is 0 Å². The van der Waals surface area contributed by atoms with Crippen LogP contribution in [0.15, 0.2) is 0 Å². The van der Waals surface area contributed by atoms with Crippen molar-refractivity contribution in [1.82, 2.24) is 15.5 Å². The van der Waals surface area contributed by atoms with Gasteiger partial charge in [-0.15, -0.1) is 0 Å². The smallest absolute Gasteiger partial charge is 0.237 e. The SMILES string of the molecule is CC1CCC(F)C2CC(C(=O)NC3CCCC(C(=O)N(C)C)C3)NC12. The first kappa shape index (κ1) is 18.6. The molecule has 0 aromatic heterocycles. The fourth-order valence-electron chi connectivity index (χ4n) is 5.01. The number of fused-ring (bicyclic) bond motifs is 1. The van der Waals surface area contributed by atoms with E-state index in [2.05, 4.69) is 17.6 Å². The zero-order chi connectivity index (χ0) is 18.1. The summed E-state index contributed by atoms with van der Waals surface area (Å²) in [6.45, 7) is 2.15. The molecule has 3 aliphatic rings. The summed E-state index contributed by atoms with van der Waals surface area (Å²) in [6, 6.07) is -0.120. The number of nitrogens with one attached hydrogen (secondary N) is 2. The quantitative estimate of drug-likeness (QED) is 0.814. The second-order valence-electron chi connectivity index (χ2n) is 8.52. The highest BCUT2D eigenvalue weighted by atomic mass is 19.1. The Bertz CT molecular complexity index is 495. The van der Waals surface area contributed by atoms with Crippen LogP contribution in [0.25, 0.3) is 0 Å². The molecule has 0 radical (unpaired) electrons. The molecule has 7 unspecified atom stereocenters. The van der Waals surface area contributed by atoms with Gasteiger partial charge in [-0.25, -0.2) is 4.39 Å². The van der Waals surface area contributed by atoms with E-state index < -0.39 is 6.17 Å². The highest BCUT2D eigenvalue weighted by molar-refractivity contribution is 5.83. The van der Waals surface area contributed by atoms with Gasteiger partial charge in [-0.2, -0.15) is 0 Å². The van der Waals surface area contributed by atoms with E-state index in [0.717, 1.165) is 25.7 Å². The topological polar surface area (TPSA) is 61.4 Å². The van der Waals surface area contributed by atoms with Crippen LogP contribution in [0.1, 0.15) is 51.9 Å². The highest BCUT2D eigenvalue weighted by Gasteiger charge is 2.46. The van der Waals surface area contributed by atoms with Crippen molar-refractivity contribution in [3.8, 4) is 0 Å². The summed E-state index contributed by atoms with van der Waals surface area (Å²) in [5, 5.41) is 6.52. The van der Waals surface area contributed by atoms with Crippen molar-refractivity contribution in [2.45, 2.75) is 76.2 Å². The zero-order valence-electron chi connectivity index (χ0n) is 15.6. The van der Waals surface area contributed by atoms with Gasteiger partial charge in [0.2, 0.25) is 11.8 Å². The van der Waals surface area contributed by atoms with Gasteiger partial charge in [0.15, 0.2) is 0 Å². The molecule has 0 aromatic carbocycles. The molecule has 2 saturated carbocycles. The van der Waals surface area contributed by atoms with Crippen molar-refractivity contribution in [1.29, 1.82) is 0 Å². The molecule has 0 spiro atoms. The summed E-state index contributed by atoms with van der Waals surface area (Å²) in [4.78, 5) is 26.5. The number of alkyl halides is 1. The van der Waals surface area contributed by atoms with Crippen molar-refractivity contribution in [3.05, 3.63) is 0 Å². The first-order valence-electron chi connectivity index (χ1n) is 9.78. The van der Waals surface area contributed by atoms with Gasteiger partial charge in [0, 0.05) is 38.0 Å². The second-order valence-corrected chi connectivity index (χ2v) is 8.52. The van der Waals surface area contributed by atoms with Crippen LogP contribution in [-0.4, -0.2) is 55.1 Å². The molecule has 25 heavy (non-hydrogen) atoms. The van der Waals surface area contributed by atoms with Crippen LogP contribution in [0.4, 0.5) is 4.39 Å². The molecule has 2 aliphatic carbocycles. The van der Waals surface area contributed by atoms with E-state index >= 15 is 0 Å². The molecule has 2 amide bonds. The summed E-state index contributed by atoms with van der Waals surface area (Å²) in [6.07, 6.45) is 4.81. The van der Waals surface area contributed by atoms with Gasteiger partial charge < -0.3 is 15.5 Å². The third-order valence-corrected chi connectivity index (χ3v) is 6.47. The molecule has 3 rings (SSSR count). The largest absolute Gasteiger partial charge is 0.352 e. The Labute approximate surface area is 150 Å². The van der Waals surface area contributed by atoms with Crippen LogP contribution < -0.4 is 10.6 Å². The van der Waals surface area contributed by atoms with E-state index in [1.54, 1.807) is 19.0 Å². The maximum atomic E-state index is 14.2. The Kier molecular flexibility index (Phi) is 5.66. The van der Waals surface area contributed by atoms with E-state index in [0.29, 0.717) is 25.2 Å². The van der Waals surface area contributed by atoms with Gasteiger partial charge in [-0.1, -0.05) is 13.3 Å². The lowest BCUT2D eigenvalue weighted by atomic mass is 9.77. The predicted molar refractivity (Wildman–Crippen MR) is 94.7 cm³/mol. The van der Waals surface area contributed by atoms with E-state index in [1.807, 2.05) is 0 Å². The molecule has 3 fully saturated rings. The fraction of sp³-hybridized carbons (Fsp3) is 0.895. The number of amides is 2. The van der Waals surface area contributed by atoms with Gasteiger partial charge in [-0.05, 0) is 44.4 Å². The third-order valence-electron chi connectivity index (χ3n) is 6.47. The number of halogens is 1. The van der Waals surface area contributed by atoms with E-state index in [1.165, 1.54) is 0 Å². The summed E-state index contributed by atoms with van der Waals surface area (Å²) in [5.74, 6) is 0.527. The number of hydrogen-bond donors (Lipinski definition) is 2. The number of nitrogens with zero attached hydrogens (tertiary/aromatic N) is 1. The predicted octanol–water partition coefficient (Wildman–Crippen LogP) is 1.86. The Balaban J connectivity index is 1.55. The lowest BCUT2D eigenvalue weighted by Gasteiger charge is -2.33. The molecule has 2 N–H and O–H groups in total. The van der Waals surface area contributed by atoms with Crippen molar-refractivity contribution in [2.24, 2.45) is 17.8 Å². The first-order valence-corrected chi connectivity index (χ1v) is 9.78. The van der Waals surface area contributed by atoms with Crippen LogP contribution in [0.2, 0.25) is 0 Å². The Morgan fingerprint density at radius 1 is 1.12 bits per heavy atom. The maximum absolute atomic E-state index is 14.2. The van der Waals surface area contributed by atoms with Crippen LogP contribution in [-0.2, 0) is 9.59 Å². The number of hydrogen-bond acceptors (Lipinski definition) is 3. The average molecular weight is 353 g/mol. The highest BCUT2D eigenvalue weighted by Crippen LogP contribution is 2.38. The second kappa shape index (κ2) is 7.60. The molecule has 1 heterocycles. The average Bonchev–Trinajstić information content (AvgIpc) is 3.04. The summed E-state index contributed by atoms with van der Waals surface area (Å²) < 4.78 is 14.2. The summed E-state index contributed by atoms with van der Waals surface area (Å²) in [5.41, 5.74) is 0. The van der Waals surface area contributed by atoms with Crippen LogP contribution in [0, 0.1) is 17.8 Å². The minimum atomic E-state index is -0.789. The van der Waals surface area contributed by atoms with Crippen LogP contribution in [0.3, 0.4) is 0 Å². The van der Waals surface area contributed by atoms with Gasteiger partial charge in [0.05, 0.1) is 6.04 Å². The van der Waals surface area contributed by atoms with Crippen molar-refractivity contribution in [3.63, 3.8) is 0 Å². The van der Waals surface area contributed by atoms with Gasteiger partial charge in [0.25, 0.3) is 0 Å². The number of rotatable bonds is 3. The Morgan fingerprint density at radius 2 is 1.88 bits per heavy atom. The minimum Gasteiger partial charge on any atom is -0.352 e. The number of carbonyl (C=O) groups is 2. The van der Waals surface area contributed by atoms with Crippen molar-refractivity contribution < 1.29 is 14.0 Å². The van der Waals surface area contributed by atoms with E-state index in [9.17, 15) is 14.0 Å². The number of carbonyl (C=O) groups excluding carboxylic acids is 2. The van der Waals surface area contributed by atoms with Crippen molar-refractivity contribution in [2.75, 3.05) is 14.1 Å². The molecule has 1 aliphatic heterocycles. The zero-order valence-corrected chi connectivity index (χ0v) is 15.6. The monoisotopic (exact) mass is 353 g/mol. The molecule has 0 aromatic rings. The molecular weight excluding hydrogens is 321 g/mol. The normalized spacial score (nSPS) is 41.0. The van der Waals surface area contributed by atoms with Gasteiger partial charge in [0.1, 0.15) is 6.17 Å². The summed E-state index contributed by atoms with van der Waals surface area (Å²) >= 11 is 0. The Hall–Kier alpha value is -1.17. The minimum absolute atomic E-state index is 0.00316. The Morgan fingerprint density at radius 3 is 2.56 bits per heavy atom. The van der Waals surface area contributed by atoms with E-state index in [-0.39, 0.29) is 41.8 Å². The molecule has 6 heteroatoms.